The minimum Gasteiger partial charge on any atom is -0.366 e. The third kappa shape index (κ3) is 2.95. The first kappa shape index (κ1) is 10.3. The highest BCUT2D eigenvalue weighted by Crippen LogP contribution is 2.08. The summed E-state index contributed by atoms with van der Waals surface area (Å²) in [5.41, 5.74) is 6.83. The third-order valence-corrected chi connectivity index (χ3v) is 2.00. The van der Waals surface area contributed by atoms with Gasteiger partial charge < -0.3 is 5.73 Å². The fourth-order valence-electron chi connectivity index (χ4n) is 1.27. The molecule has 0 atom stereocenters. The molecule has 0 fully saturated rings. The molecule has 0 saturated heterocycles. The molecule has 2 N–H and O–H groups in total. The van der Waals surface area contributed by atoms with Gasteiger partial charge in [-0.1, -0.05) is 12.1 Å². The number of nitrogens with two attached hydrogens (primary N) is 1. The predicted molar refractivity (Wildman–Crippen MR) is 56.7 cm³/mol. The van der Waals surface area contributed by atoms with Crippen LogP contribution in [0, 0.1) is 12.3 Å². The first-order valence-electron chi connectivity index (χ1n) is 4.56. The molecular formula is C12H13NO. The number of aryl methyl sites for hydroxylation is 1. The Morgan fingerprint density at radius 2 is 2.29 bits per heavy atom. The van der Waals surface area contributed by atoms with E-state index in [-0.39, 0.29) is 5.91 Å². The molecule has 0 spiro atoms. The van der Waals surface area contributed by atoms with E-state index in [0.29, 0.717) is 5.56 Å². The molecule has 0 unspecified atom stereocenters. The van der Waals surface area contributed by atoms with Crippen LogP contribution in [-0.4, -0.2) is 5.91 Å². The number of rotatable bonds is 4. The van der Waals surface area contributed by atoms with Crippen molar-refractivity contribution < 1.29 is 4.79 Å². The lowest BCUT2D eigenvalue weighted by molar-refractivity contribution is 0.1000. The Hall–Kier alpha value is -1.75. The summed E-state index contributed by atoms with van der Waals surface area (Å²) in [6.45, 7) is 0. The summed E-state index contributed by atoms with van der Waals surface area (Å²) >= 11 is 0. The minimum absolute atomic E-state index is 0.385. The third-order valence-electron chi connectivity index (χ3n) is 2.00. The van der Waals surface area contributed by atoms with Crippen molar-refractivity contribution in [1.82, 2.24) is 0 Å². The van der Waals surface area contributed by atoms with Gasteiger partial charge in [0.15, 0.2) is 0 Å². The van der Waals surface area contributed by atoms with Gasteiger partial charge in [0, 0.05) is 12.0 Å². The van der Waals surface area contributed by atoms with E-state index in [0.717, 1.165) is 24.8 Å². The Morgan fingerprint density at radius 3 is 2.93 bits per heavy atom. The number of carbonyl (C=O) groups excluding carboxylic acids is 1. The number of hydrogen-bond acceptors (Lipinski definition) is 1. The summed E-state index contributed by atoms with van der Waals surface area (Å²) in [5, 5.41) is 0. The Labute approximate surface area is 84.1 Å². The van der Waals surface area contributed by atoms with Crippen molar-refractivity contribution in [3.8, 4) is 12.3 Å². The smallest absolute Gasteiger partial charge is 0.248 e. The number of unbranched alkanes of at least 4 members (excludes halogenated alkanes) is 1. The number of benzene rings is 1. The van der Waals surface area contributed by atoms with E-state index in [4.69, 9.17) is 12.2 Å². The van der Waals surface area contributed by atoms with Crippen LogP contribution in [0.1, 0.15) is 28.8 Å². The standard InChI is InChI=1S/C12H13NO/c1-2-3-4-6-10-7-5-8-11(9-10)12(13)14/h1,5,7-9H,3-4,6H2,(H2,13,14). The highest BCUT2D eigenvalue weighted by Gasteiger charge is 2.00. The highest BCUT2D eigenvalue weighted by atomic mass is 16.1. The van der Waals surface area contributed by atoms with Crippen molar-refractivity contribution in [2.45, 2.75) is 19.3 Å². The molecular weight excluding hydrogens is 174 g/mol. The van der Waals surface area contributed by atoms with Gasteiger partial charge in [-0.25, -0.2) is 0 Å². The zero-order chi connectivity index (χ0) is 10.4. The van der Waals surface area contributed by atoms with Crippen molar-refractivity contribution in [3.05, 3.63) is 35.4 Å². The second-order valence-electron chi connectivity index (χ2n) is 3.12. The van der Waals surface area contributed by atoms with Crippen LogP contribution in [0.2, 0.25) is 0 Å². The van der Waals surface area contributed by atoms with Gasteiger partial charge >= 0.3 is 0 Å². The second-order valence-corrected chi connectivity index (χ2v) is 3.12. The fourth-order valence-corrected chi connectivity index (χ4v) is 1.27. The molecule has 0 saturated carbocycles. The molecule has 2 nitrogen and oxygen atoms in total. The first-order valence-corrected chi connectivity index (χ1v) is 4.56. The average molecular weight is 187 g/mol. The molecule has 0 aliphatic rings. The second kappa shape index (κ2) is 5.08. The van der Waals surface area contributed by atoms with Crippen LogP contribution in [0.4, 0.5) is 0 Å². The largest absolute Gasteiger partial charge is 0.366 e. The van der Waals surface area contributed by atoms with E-state index < -0.39 is 0 Å². The molecule has 1 rings (SSSR count). The summed E-state index contributed by atoms with van der Waals surface area (Å²) in [6, 6.07) is 7.35. The normalized spacial score (nSPS) is 9.36. The zero-order valence-electron chi connectivity index (χ0n) is 7.99. The molecule has 0 bridgehead atoms. The van der Waals surface area contributed by atoms with E-state index >= 15 is 0 Å². The van der Waals surface area contributed by atoms with Gasteiger partial charge in [0.05, 0.1) is 0 Å². The number of hydrogen-bond donors (Lipinski definition) is 1. The van der Waals surface area contributed by atoms with Crippen molar-refractivity contribution in [2.75, 3.05) is 0 Å². The maximum absolute atomic E-state index is 10.9. The lowest BCUT2D eigenvalue weighted by Crippen LogP contribution is -2.10. The zero-order valence-corrected chi connectivity index (χ0v) is 7.99. The molecule has 0 radical (unpaired) electrons. The molecule has 14 heavy (non-hydrogen) atoms. The Bertz CT molecular complexity index is 363. The molecule has 72 valence electrons. The van der Waals surface area contributed by atoms with Gasteiger partial charge in [-0.15, -0.1) is 12.3 Å². The van der Waals surface area contributed by atoms with Crippen molar-refractivity contribution in [2.24, 2.45) is 5.73 Å². The van der Waals surface area contributed by atoms with Gasteiger partial charge in [0.25, 0.3) is 0 Å². The van der Waals surface area contributed by atoms with Crippen LogP contribution in [0.15, 0.2) is 24.3 Å². The fraction of sp³-hybridized carbons (Fsp3) is 0.250. The van der Waals surface area contributed by atoms with Crippen LogP contribution in [0.3, 0.4) is 0 Å². The maximum Gasteiger partial charge on any atom is 0.248 e. The van der Waals surface area contributed by atoms with Gasteiger partial charge in [-0.2, -0.15) is 0 Å². The monoisotopic (exact) mass is 187 g/mol. The molecule has 1 aromatic carbocycles. The summed E-state index contributed by atoms with van der Waals surface area (Å²) in [4.78, 5) is 10.9. The summed E-state index contributed by atoms with van der Waals surface area (Å²) in [5.74, 6) is 2.20. The van der Waals surface area contributed by atoms with Crippen molar-refractivity contribution in [1.29, 1.82) is 0 Å². The van der Waals surface area contributed by atoms with Crippen LogP contribution in [0.25, 0.3) is 0 Å². The Balaban J connectivity index is 2.65. The number of carbonyl (C=O) groups is 1. The summed E-state index contributed by atoms with van der Waals surface area (Å²) in [7, 11) is 0. The van der Waals surface area contributed by atoms with Gasteiger partial charge in [0.1, 0.15) is 0 Å². The number of terminal acetylenes is 1. The van der Waals surface area contributed by atoms with E-state index in [9.17, 15) is 4.79 Å². The van der Waals surface area contributed by atoms with E-state index in [1.165, 1.54) is 0 Å². The van der Waals surface area contributed by atoms with Crippen molar-refractivity contribution in [3.63, 3.8) is 0 Å². The lowest BCUT2D eigenvalue weighted by atomic mass is 10.1. The highest BCUT2D eigenvalue weighted by molar-refractivity contribution is 5.92. The first-order chi connectivity index (χ1) is 6.74. The number of primary amides is 1. The summed E-state index contributed by atoms with van der Waals surface area (Å²) < 4.78 is 0. The van der Waals surface area contributed by atoms with E-state index in [2.05, 4.69) is 5.92 Å². The van der Waals surface area contributed by atoms with E-state index in [1.807, 2.05) is 18.2 Å². The molecule has 0 aliphatic carbocycles. The van der Waals surface area contributed by atoms with Gasteiger partial charge in [-0.3, -0.25) is 4.79 Å². The molecule has 0 aromatic heterocycles. The van der Waals surface area contributed by atoms with Crippen molar-refractivity contribution >= 4 is 5.91 Å². The van der Waals surface area contributed by atoms with Crippen LogP contribution in [-0.2, 0) is 6.42 Å². The SMILES string of the molecule is C#CCCCc1cccc(C(N)=O)c1. The molecule has 1 amide bonds. The van der Waals surface area contributed by atoms with Crippen LogP contribution >= 0.6 is 0 Å². The molecule has 2 heteroatoms. The van der Waals surface area contributed by atoms with Gasteiger partial charge in [-0.05, 0) is 30.5 Å². The Morgan fingerprint density at radius 1 is 1.50 bits per heavy atom. The van der Waals surface area contributed by atoms with Crippen LogP contribution < -0.4 is 5.73 Å². The van der Waals surface area contributed by atoms with E-state index in [1.54, 1.807) is 6.07 Å². The quantitative estimate of drug-likeness (QED) is 0.566. The summed E-state index contributed by atoms with van der Waals surface area (Å²) in [6.07, 6.45) is 7.75. The molecule has 0 heterocycles. The topological polar surface area (TPSA) is 43.1 Å². The predicted octanol–water partition coefficient (Wildman–Crippen LogP) is 1.74. The Kier molecular flexibility index (Phi) is 3.75. The average Bonchev–Trinajstić information content (AvgIpc) is 2.19. The minimum atomic E-state index is -0.385. The van der Waals surface area contributed by atoms with Gasteiger partial charge in [0.2, 0.25) is 5.91 Å². The maximum atomic E-state index is 10.9. The lowest BCUT2D eigenvalue weighted by Gasteiger charge is -2.01. The molecule has 0 aliphatic heterocycles. The number of amides is 1. The van der Waals surface area contributed by atoms with Crippen LogP contribution in [0.5, 0.6) is 0 Å². The molecule has 1 aromatic rings.